The fraction of sp³-hybridized carbons (Fsp3) is 0.533. The molecular weight excluding hydrogens is 259 g/mol. The van der Waals surface area contributed by atoms with E-state index in [-0.39, 0.29) is 17.8 Å². The molecule has 2 rings (SSSR count). The molecule has 1 aliphatic rings. The lowest BCUT2D eigenvalue weighted by Crippen LogP contribution is -2.37. The molecule has 1 amide bonds. The number of amides is 1. The first-order valence-electron chi connectivity index (χ1n) is 6.95. The van der Waals surface area contributed by atoms with Crippen LogP contribution in [0.4, 0.5) is 4.39 Å². The Kier molecular flexibility index (Phi) is 4.60. The lowest BCUT2D eigenvalue weighted by Gasteiger charge is -2.20. The quantitative estimate of drug-likeness (QED) is 0.839. The van der Waals surface area contributed by atoms with Gasteiger partial charge < -0.3 is 15.4 Å². The van der Waals surface area contributed by atoms with Crippen molar-refractivity contribution in [1.82, 2.24) is 10.6 Å². The summed E-state index contributed by atoms with van der Waals surface area (Å²) >= 11 is 0. The van der Waals surface area contributed by atoms with Gasteiger partial charge in [-0.05, 0) is 51.9 Å². The summed E-state index contributed by atoms with van der Waals surface area (Å²) in [5.41, 5.74) is 0.707. The topological polar surface area (TPSA) is 50.4 Å². The zero-order valence-electron chi connectivity index (χ0n) is 12.1. The van der Waals surface area contributed by atoms with Crippen LogP contribution >= 0.6 is 0 Å². The molecule has 0 saturated heterocycles. The van der Waals surface area contributed by atoms with E-state index < -0.39 is 6.10 Å². The van der Waals surface area contributed by atoms with E-state index in [2.05, 4.69) is 10.6 Å². The molecule has 1 saturated carbocycles. The van der Waals surface area contributed by atoms with Crippen molar-refractivity contribution in [3.63, 3.8) is 0 Å². The molecule has 0 spiro atoms. The summed E-state index contributed by atoms with van der Waals surface area (Å²) < 4.78 is 19.1. The second-order valence-electron chi connectivity index (χ2n) is 5.24. The number of rotatable bonds is 6. The third-order valence-corrected chi connectivity index (χ3v) is 3.47. The Bertz CT molecular complexity index is 489. The first-order valence-corrected chi connectivity index (χ1v) is 6.95. The van der Waals surface area contributed by atoms with Gasteiger partial charge in [0, 0.05) is 17.6 Å². The molecule has 4 nitrogen and oxygen atoms in total. The zero-order chi connectivity index (χ0) is 14.7. The molecule has 0 aliphatic heterocycles. The van der Waals surface area contributed by atoms with Crippen LogP contribution in [-0.2, 0) is 4.79 Å². The van der Waals surface area contributed by atoms with Crippen LogP contribution in [-0.4, -0.2) is 25.1 Å². The van der Waals surface area contributed by atoms with Crippen molar-refractivity contribution in [3.05, 3.63) is 29.6 Å². The molecule has 2 N–H and O–H groups in total. The van der Waals surface area contributed by atoms with Crippen molar-refractivity contribution in [2.24, 2.45) is 0 Å². The fourth-order valence-electron chi connectivity index (χ4n) is 1.91. The number of hydrogen-bond acceptors (Lipinski definition) is 3. The van der Waals surface area contributed by atoms with Crippen LogP contribution in [0, 0.1) is 5.82 Å². The van der Waals surface area contributed by atoms with Gasteiger partial charge in [-0.2, -0.15) is 0 Å². The Balaban J connectivity index is 2.08. The first kappa shape index (κ1) is 14.8. The molecule has 1 aromatic carbocycles. The van der Waals surface area contributed by atoms with Gasteiger partial charge in [-0.25, -0.2) is 4.39 Å². The lowest BCUT2D eigenvalue weighted by atomic mass is 10.1. The maximum Gasteiger partial charge on any atom is 0.260 e. The summed E-state index contributed by atoms with van der Waals surface area (Å²) in [6.07, 6.45) is 1.48. The van der Waals surface area contributed by atoms with Gasteiger partial charge >= 0.3 is 0 Å². The number of benzene rings is 1. The van der Waals surface area contributed by atoms with Crippen molar-refractivity contribution >= 4 is 5.91 Å². The van der Waals surface area contributed by atoms with Crippen LogP contribution in [0.2, 0.25) is 0 Å². The Labute approximate surface area is 118 Å². The molecule has 2 atom stereocenters. The Morgan fingerprint density at radius 3 is 2.70 bits per heavy atom. The van der Waals surface area contributed by atoms with E-state index in [0.717, 1.165) is 12.8 Å². The van der Waals surface area contributed by atoms with Gasteiger partial charge in [0.05, 0.1) is 0 Å². The van der Waals surface area contributed by atoms with Crippen molar-refractivity contribution in [1.29, 1.82) is 0 Å². The number of nitrogens with one attached hydrogen (secondary N) is 2. The molecule has 20 heavy (non-hydrogen) atoms. The van der Waals surface area contributed by atoms with E-state index in [1.54, 1.807) is 20.0 Å². The first-order chi connectivity index (χ1) is 9.51. The predicted octanol–water partition coefficient (Wildman–Crippen LogP) is 2.15. The van der Waals surface area contributed by atoms with Crippen LogP contribution in [0.15, 0.2) is 18.2 Å². The summed E-state index contributed by atoms with van der Waals surface area (Å²) in [5.74, 6) is 0.0936. The zero-order valence-corrected chi connectivity index (χ0v) is 12.1. The molecule has 2 unspecified atom stereocenters. The second kappa shape index (κ2) is 6.22. The highest BCUT2D eigenvalue weighted by molar-refractivity contribution is 5.81. The molecule has 110 valence electrons. The molecule has 0 aromatic heterocycles. The smallest absolute Gasteiger partial charge is 0.260 e. The second-order valence-corrected chi connectivity index (χ2v) is 5.24. The van der Waals surface area contributed by atoms with E-state index in [1.165, 1.54) is 12.1 Å². The molecule has 0 radical (unpaired) electrons. The summed E-state index contributed by atoms with van der Waals surface area (Å²) in [6, 6.07) is 4.59. The Morgan fingerprint density at radius 2 is 2.10 bits per heavy atom. The van der Waals surface area contributed by atoms with E-state index in [0.29, 0.717) is 17.4 Å². The number of halogens is 1. The number of ether oxygens (including phenoxy) is 1. The number of carbonyl (C=O) groups is 1. The van der Waals surface area contributed by atoms with Crippen LogP contribution in [0.5, 0.6) is 5.75 Å². The summed E-state index contributed by atoms with van der Waals surface area (Å²) in [7, 11) is 1.79. The molecule has 0 bridgehead atoms. The molecule has 5 heteroatoms. The summed E-state index contributed by atoms with van der Waals surface area (Å²) in [6.45, 7) is 3.62. The normalized spacial score (nSPS) is 17.4. The van der Waals surface area contributed by atoms with Crippen molar-refractivity contribution in [2.75, 3.05) is 7.05 Å². The summed E-state index contributed by atoms with van der Waals surface area (Å²) in [5, 5.41) is 5.94. The van der Waals surface area contributed by atoms with E-state index in [9.17, 15) is 9.18 Å². The highest BCUT2D eigenvalue weighted by Gasteiger charge is 2.26. The van der Waals surface area contributed by atoms with Crippen molar-refractivity contribution in [3.8, 4) is 5.75 Å². The molecule has 1 aromatic rings. The van der Waals surface area contributed by atoms with Gasteiger partial charge in [0.2, 0.25) is 0 Å². The van der Waals surface area contributed by atoms with Gasteiger partial charge in [-0.15, -0.1) is 0 Å². The van der Waals surface area contributed by atoms with Crippen molar-refractivity contribution in [2.45, 2.75) is 44.9 Å². The monoisotopic (exact) mass is 280 g/mol. The highest BCUT2D eigenvalue weighted by Crippen LogP contribution is 2.27. The minimum Gasteiger partial charge on any atom is -0.481 e. The van der Waals surface area contributed by atoms with Gasteiger partial charge in [-0.3, -0.25) is 4.79 Å². The SMILES string of the molecule is CNC(C)c1cc(F)ccc1OC(C)C(=O)NC1CC1. The maximum atomic E-state index is 13.4. The summed E-state index contributed by atoms with van der Waals surface area (Å²) in [4.78, 5) is 11.9. The third-order valence-electron chi connectivity index (χ3n) is 3.47. The lowest BCUT2D eigenvalue weighted by molar-refractivity contribution is -0.127. The van der Waals surface area contributed by atoms with E-state index in [4.69, 9.17) is 4.74 Å². The minimum atomic E-state index is -0.594. The molecule has 0 heterocycles. The fourth-order valence-corrected chi connectivity index (χ4v) is 1.91. The molecule has 1 aliphatic carbocycles. The van der Waals surface area contributed by atoms with Crippen molar-refractivity contribution < 1.29 is 13.9 Å². The minimum absolute atomic E-state index is 0.0561. The number of hydrogen-bond donors (Lipinski definition) is 2. The Hall–Kier alpha value is -1.62. The highest BCUT2D eigenvalue weighted by atomic mass is 19.1. The third kappa shape index (κ3) is 3.70. The van der Waals surface area contributed by atoms with Crippen LogP contribution in [0.1, 0.15) is 38.3 Å². The molecule has 1 fully saturated rings. The Morgan fingerprint density at radius 1 is 1.40 bits per heavy atom. The average Bonchev–Trinajstić information content (AvgIpc) is 3.23. The van der Waals surface area contributed by atoms with Crippen LogP contribution < -0.4 is 15.4 Å². The van der Waals surface area contributed by atoms with Gasteiger partial charge in [-0.1, -0.05) is 0 Å². The standard InChI is InChI=1S/C15H21FN2O2/c1-9(17-3)13-8-11(16)4-7-14(13)20-10(2)15(19)18-12-5-6-12/h4,7-10,12,17H,5-6H2,1-3H3,(H,18,19). The van der Waals surface area contributed by atoms with E-state index >= 15 is 0 Å². The van der Waals surface area contributed by atoms with E-state index in [1.807, 2.05) is 6.92 Å². The van der Waals surface area contributed by atoms with Crippen LogP contribution in [0.25, 0.3) is 0 Å². The maximum absolute atomic E-state index is 13.4. The van der Waals surface area contributed by atoms with Crippen LogP contribution in [0.3, 0.4) is 0 Å². The predicted molar refractivity (Wildman–Crippen MR) is 75.1 cm³/mol. The van der Waals surface area contributed by atoms with Gasteiger partial charge in [0.25, 0.3) is 5.91 Å². The molecular formula is C15H21FN2O2. The van der Waals surface area contributed by atoms with Gasteiger partial charge in [0.1, 0.15) is 11.6 Å². The van der Waals surface area contributed by atoms with Gasteiger partial charge in [0.15, 0.2) is 6.10 Å². The largest absolute Gasteiger partial charge is 0.481 e. The average molecular weight is 280 g/mol. The number of carbonyl (C=O) groups excluding carboxylic acids is 1.